The molecule has 2 aliphatic rings. The number of likely N-dealkylation sites (tertiary alicyclic amines) is 1. The summed E-state index contributed by atoms with van der Waals surface area (Å²) in [6, 6.07) is 0. The Bertz CT molecular complexity index is 428. The summed E-state index contributed by atoms with van der Waals surface area (Å²) in [7, 11) is 0. The van der Waals surface area contributed by atoms with E-state index in [-0.39, 0.29) is 31.3 Å². The Morgan fingerprint density at radius 2 is 1.59 bits per heavy atom. The SMILES string of the molecule is O=C1C=CC(=O)N1CCN1C(=O)C[C@H](S)C1=O. The van der Waals surface area contributed by atoms with Crippen molar-refractivity contribution in [3.05, 3.63) is 12.2 Å². The molecular formula is C10H10N2O4S. The Hall–Kier alpha value is -1.63. The van der Waals surface area contributed by atoms with Crippen LogP contribution < -0.4 is 0 Å². The number of imide groups is 2. The highest BCUT2D eigenvalue weighted by Gasteiger charge is 2.37. The van der Waals surface area contributed by atoms with E-state index in [1.807, 2.05) is 0 Å². The molecule has 2 heterocycles. The molecule has 2 aliphatic heterocycles. The highest BCUT2D eigenvalue weighted by atomic mass is 32.1. The molecule has 0 aromatic heterocycles. The number of carbonyl (C=O) groups excluding carboxylic acids is 4. The van der Waals surface area contributed by atoms with Crippen LogP contribution in [0.15, 0.2) is 12.2 Å². The average molecular weight is 254 g/mol. The smallest absolute Gasteiger partial charge is 0.253 e. The van der Waals surface area contributed by atoms with E-state index in [0.717, 1.165) is 22.0 Å². The second-order valence-corrected chi connectivity index (χ2v) is 4.39. The van der Waals surface area contributed by atoms with Crippen molar-refractivity contribution in [2.45, 2.75) is 11.7 Å². The van der Waals surface area contributed by atoms with Gasteiger partial charge in [0.25, 0.3) is 11.8 Å². The quantitative estimate of drug-likeness (QED) is 0.516. The van der Waals surface area contributed by atoms with Crippen LogP contribution in [0.4, 0.5) is 0 Å². The lowest BCUT2D eigenvalue weighted by atomic mass is 10.4. The summed E-state index contributed by atoms with van der Waals surface area (Å²) in [5.41, 5.74) is 0. The molecule has 0 aromatic carbocycles. The molecule has 0 radical (unpaired) electrons. The van der Waals surface area contributed by atoms with Crippen LogP contribution >= 0.6 is 12.6 Å². The van der Waals surface area contributed by atoms with E-state index in [1.165, 1.54) is 0 Å². The van der Waals surface area contributed by atoms with Gasteiger partial charge in [0, 0.05) is 31.7 Å². The summed E-state index contributed by atoms with van der Waals surface area (Å²) in [5.74, 6) is -1.53. The van der Waals surface area contributed by atoms with Gasteiger partial charge in [-0.05, 0) is 0 Å². The summed E-state index contributed by atoms with van der Waals surface area (Å²) in [6.45, 7) is 0.0660. The Balaban J connectivity index is 1.95. The predicted molar refractivity (Wildman–Crippen MR) is 60.0 cm³/mol. The Labute approximate surface area is 103 Å². The summed E-state index contributed by atoms with van der Waals surface area (Å²) >= 11 is 3.97. The van der Waals surface area contributed by atoms with E-state index in [9.17, 15) is 19.2 Å². The van der Waals surface area contributed by atoms with Gasteiger partial charge in [0.2, 0.25) is 11.8 Å². The Morgan fingerprint density at radius 1 is 1.06 bits per heavy atom. The van der Waals surface area contributed by atoms with Gasteiger partial charge in [0.05, 0.1) is 5.25 Å². The standard InChI is InChI=1S/C10H10N2O4S/c13-7-1-2-8(14)11(7)3-4-12-9(15)5-6(17)10(12)16/h1-2,6,17H,3-5H2/t6-/m0/s1. The Kier molecular flexibility index (Phi) is 3.01. The first-order chi connectivity index (χ1) is 8.00. The third-order valence-corrected chi connectivity index (χ3v) is 3.07. The molecule has 6 nitrogen and oxygen atoms in total. The Morgan fingerprint density at radius 3 is 2.06 bits per heavy atom. The molecule has 0 N–H and O–H groups in total. The zero-order valence-corrected chi connectivity index (χ0v) is 9.72. The van der Waals surface area contributed by atoms with Crippen molar-refractivity contribution in [2.24, 2.45) is 0 Å². The van der Waals surface area contributed by atoms with Crippen molar-refractivity contribution in [2.75, 3.05) is 13.1 Å². The van der Waals surface area contributed by atoms with Crippen molar-refractivity contribution < 1.29 is 19.2 Å². The van der Waals surface area contributed by atoms with Crippen molar-refractivity contribution in [3.63, 3.8) is 0 Å². The second-order valence-electron chi connectivity index (χ2n) is 3.76. The minimum atomic E-state index is -0.606. The molecule has 4 amide bonds. The van der Waals surface area contributed by atoms with Gasteiger partial charge in [-0.25, -0.2) is 0 Å². The van der Waals surface area contributed by atoms with Crippen molar-refractivity contribution in [1.82, 2.24) is 9.80 Å². The lowest BCUT2D eigenvalue weighted by molar-refractivity contribution is -0.142. The van der Waals surface area contributed by atoms with Crippen LogP contribution in [0.3, 0.4) is 0 Å². The zero-order chi connectivity index (χ0) is 12.6. The third-order valence-electron chi connectivity index (χ3n) is 2.67. The molecule has 1 atom stereocenters. The predicted octanol–water partition coefficient (Wildman–Crippen LogP) is -1.03. The van der Waals surface area contributed by atoms with Crippen LogP contribution in [-0.4, -0.2) is 51.8 Å². The summed E-state index contributed by atoms with van der Waals surface area (Å²) in [4.78, 5) is 47.4. The number of nitrogens with zero attached hydrogens (tertiary/aromatic N) is 2. The van der Waals surface area contributed by atoms with E-state index >= 15 is 0 Å². The maximum absolute atomic E-state index is 11.5. The molecule has 0 unspecified atom stereocenters. The lowest BCUT2D eigenvalue weighted by Crippen LogP contribution is -2.41. The van der Waals surface area contributed by atoms with E-state index in [0.29, 0.717) is 0 Å². The number of hydrogen-bond donors (Lipinski definition) is 1. The molecule has 7 heteroatoms. The molecular weight excluding hydrogens is 244 g/mol. The molecule has 1 saturated heterocycles. The number of thiol groups is 1. The molecule has 0 aliphatic carbocycles. The van der Waals surface area contributed by atoms with Gasteiger partial charge >= 0.3 is 0 Å². The van der Waals surface area contributed by atoms with Gasteiger partial charge < -0.3 is 0 Å². The minimum Gasteiger partial charge on any atom is -0.280 e. The van der Waals surface area contributed by atoms with E-state index in [1.54, 1.807) is 0 Å². The first-order valence-electron chi connectivity index (χ1n) is 5.06. The van der Waals surface area contributed by atoms with Gasteiger partial charge in [0.15, 0.2) is 0 Å². The van der Waals surface area contributed by atoms with Crippen LogP contribution in [-0.2, 0) is 19.2 Å². The molecule has 1 fully saturated rings. The molecule has 0 spiro atoms. The molecule has 0 saturated carbocycles. The number of carbonyl (C=O) groups is 4. The van der Waals surface area contributed by atoms with Gasteiger partial charge in [0.1, 0.15) is 0 Å². The fourth-order valence-electron chi connectivity index (χ4n) is 1.75. The van der Waals surface area contributed by atoms with Crippen LogP contribution in [0.2, 0.25) is 0 Å². The monoisotopic (exact) mass is 254 g/mol. The molecule has 2 rings (SSSR count). The van der Waals surface area contributed by atoms with Crippen molar-refractivity contribution in [1.29, 1.82) is 0 Å². The maximum Gasteiger partial charge on any atom is 0.253 e. The largest absolute Gasteiger partial charge is 0.280 e. The van der Waals surface area contributed by atoms with E-state index in [4.69, 9.17) is 0 Å². The van der Waals surface area contributed by atoms with Crippen molar-refractivity contribution in [3.8, 4) is 0 Å². The van der Waals surface area contributed by atoms with Gasteiger partial charge in [-0.15, -0.1) is 0 Å². The maximum atomic E-state index is 11.5. The lowest BCUT2D eigenvalue weighted by Gasteiger charge is -2.18. The van der Waals surface area contributed by atoms with Gasteiger partial charge in [-0.2, -0.15) is 12.6 Å². The molecule has 0 aromatic rings. The normalized spacial score (nSPS) is 24.4. The van der Waals surface area contributed by atoms with E-state index < -0.39 is 17.1 Å². The highest BCUT2D eigenvalue weighted by molar-refractivity contribution is 7.81. The van der Waals surface area contributed by atoms with Crippen LogP contribution in [0.5, 0.6) is 0 Å². The van der Waals surface area contributed by atoms with Crippen molar-refractivity contribution >= 4 is 36.3 Å². The molecule has 90 valence electrons. The molecule has 0 bridgehead atoms. The molecule has 17 heavy (non-hydrogen) atoms. The fraction of sp³-hybridized carbons (Fsp3) is 0.400. The van der Waals surface area contributed by atoms with Crippen LogP contribution in [0, 0.1) is 0 Å². The third kappa shape index (κ3) is 2.10. The van der Waals surface area contributed by atoms with Gasteiger partial charge in [-0.1, -0.05) is 0 Å². The number of amides is 4. The topological polar surface area (TPSA) is 74.8 Å². The average Bonchev–Trinajstić information content (AvgIpc) is 2.70. The number of rotatable bonds is 3. The van der Waals surface area contributed by atoms with E-state index in [2.05, 4.69) is 12.6 Å². The first kappa shape index (κ1) is 11.8. The highest BCUT2D eigenvalue weighted by Crippen LogP contribution is 2.17. The fourth-order valence-corrected chi connectivity index (χ4v) is 2.05. The van der Waals surface area contributed by atoms with Gasteiger partial charge in [-0.3, -0.25) is 29.0 Å². The summed E-state index contributed by atoms with van der Waals surface area (Å²) in [6.07, 6.45) is 2.40. The first-order valence-corrected chi connectivity index (χ1v) is 5.58. The minimum absolute atomic E-state index is 0.0304. The van der Waals surface area contributed by atoms with Crippen LogP contribution in [0.1, 0.15) is 6.42 Å². The summed E-state index contributed by atoms with van der Waals surface area (Å²) < 4.78 is 0. The zero-order valence-electron chi connectivity index (χ0n) is 8.83. The van der Waals surface area contributed by atoms with Crippen LogP contribution in [0.25, 0.3) is 0 Å². The number of hydrogen-bond acceptors (Lipinski definition) is 5. The summed E-state index contributed by atoms with van der Waals surface area (Å²) in [5, 5.41) is -0.606. The second kappa shape index (κ2) is 4.33.